The van der Waals surface area contributed by atoms with Crippen molar-refractivity contribution < 1.29 is 32.5 Å². The molecular formula is C21H19Cl2F2NO6. The number of aromatic nitrogens is 1. The third-order valence-corrected chi connectivity index (χ3v) is 6.25. The van der Waals surface area contributed by atoms with Crippen molar-refractivity contribution in [2.75, 3.05) is 26.4 Å². The second kappa shape index (κ2) is 9.25. The number of carbonyl (C=O) groups is 1. The predicted molar refractivity (Wildman–Crippen MR) is 112 cm³/mol. The first kappa shape index (κ1) is 22.8. The lowest BCUT2D eigenvalue weighted by Gasteiger charge is -2.34. The minimum Gasteiger partial charge on any atom is -0.489 e. The monoisotopic (exact) mass is 489 g/mol. The molecule has 2 aliphatic heterocycles. The Bertz CT molecular complexity index is 1080. The van der Waals surface area contributed by atoms with Crippen molar-refractivity contribution in [1.82, 2.24) is 4.98 Å². The van der Waals surface area contributed by atoms with E-state index in [4.69, 9.17) is 37.4 Å². The highest BCUT2D eigenvalue weighted by atomic mass is 35.5. The molecule has 3 heterocycles. The molecule has 32 heavy (non-hydrogen) atoms. The number of H-pyrrole nitrogens is 1. The molecule has 1 aromatic carbocycles. The van der Waals surface area contributed by atoms with Crippen LogP contribution in [0.1, 0.15) is 28.8 Å². The lowest BCUT2D eigenvalue weighted by atomic mass is 9.82. The number of ether oxygens (including phenoxy) is 4. The van der Waals surface area contributed by atoms with Gasteiger partial charge < -0.3 is 23.9 Å². The summed E-state index contributed by atoms with van der Waals surface area (Å²) in [5.74, 6) is -0.592. The third kappa shape index (κ3) is 4.55. The molecule has 1 fully saturated rings. The van der Waals surface area contributed by atoms with Crippen LogP contribution in [0.15, 0.2) is 23.1 Å². The molecular weight excluding hydrogens is 471 g/mol. The average Bonchev–Trinajstić information content (AvgIpc) is 2.94. The van der Waals surface area contributed by atoms with Crippen LogP contribution in [-0.2, 0) is 11.2 Å². The fourth-order valence-corrected chi connectivity index (χ4v) is 4.36. The highest BCUT2D eigenvalue weighted by molar-refractivity contribution is 6.39. The van der Waals surface area contributed by atoms with Crippen LogP contribution in [0, 0.1) is 5.41 Å². The predicted octanol–water partition coefficient (Wildman–Crippen LogP) is 4.28. The van der Waals surface area contributed by atoms with Crippen molar-refractivity contribution in [3.8, 4) is 17.2 Å². The molecule has 0 amide bonds. The summed E-state index contributed by atoms with van der Waals surface area (Å²) in [6.45, 7) is -1.51. The lowest BCUT2D eigenvalue weighted by molar-refractivity contribution is -0.0527. The molecule has 1 aromatic heterocycles. The van der Waals surface area contributed by atoms with E-state index in [0.29, 0.717) is 31.6 Å². The van der Waals surface area contributed by atoms with E-state index >= 15 is 0 Å². The largest absolute Gasteiger partial charge is 0.489 e. The zero-order valence-electron chi connectivity index (χ0n) is 16.7. The molecule has 2 aliphatic rings. The number of hydrogen-bond donors (Lipinski definition) is 1. The van der Waals surface area contributed by atoms with Crippen LogP contribution < -0.4 is 19.8 Å². The Hall–Kier alpha value is -2.36. The van der Waals surface area contributed by atoms with Crippen molar-refractivity contribution in [2.24, 2.45) is 5.41 Å². The van der Waals surface area contributed by atoms with Gasteiger partial charge in [0.25, 0.3) is 5.56 Å². The van der Waals surface area contributed by atoms with Crippen LogP contribution in [0.5, 0.6) is 17.2 Å². The molecule has 0 saturated carbocycles. The van der Waals surface area contributed by atoms with Gasteiger partial charge in [-0.1, -0.05) is 29.3 Å². The van der Waals surface area contributed by atoms with Gasteiger partial charge in [0.05, 0.1) is 23.8 Å². The zero-order chi connectivity index (χ0) is 22.9. The molecule has 0 aliphatic carbocycles. The fourth-order valence-electron chi connectivity index (χ4n) is 3.79. The maximum atomic E-state index is 13.0. The molecule has 1 N–H and O–H groups in total. The van der Waals surface area contributed by atoms with Crippen molar-refractivity contribution in [3.63, 3.8) is 0 Å². The second-order valence-corrected chi connectivity index (χ2v) is 8.49. The summed E-state index contributed by atoms with van der Waals surface area (Å²) in [4.78, 5) is 27.1. The van der Waals surface area contributed by atoms with E-state index < -0.39 is 18.0 Å². The maximum Gasteiger partial charge on any atom is 0.387 e. The second-order valence-electron chi connectivity index (χ2n) is 7.70. The minimum absolute atomic E-state index is 0.00192. The van der Waals surface area contributed by atoms with E-state index in [1.165, 1.54) is 18.3 Å². The standard InChI is InChI=1S/C21H19Cl2F2NO6/c22-12-8-26-19(28)16(23)15(12)13(27)7-11-1-2-14(32-20(24)25)18-17(11)30-9-21(10-31-18)3-5-29-6-4-21/h1-2,8,20H,3-7,9-10H2,(H,26,28). The maximum absolute atomic E-state index is 13.0. The van der Waals surface area contributed by atoms with Crippen molar-refractivity contribution in [3.05, 3.63) is 49.9 Å². The smallest absolute Gasteiger partial charge is 0.387 e. The van der Waals surface area contributed by atoms with Gasteiger partial charge in [0, 0.05) is 36.8 Å². The summed E-state index contributed by atoms with van der Waals surface area (Å²) in [5.41, 5.74) is -0.766. The molecule has 11 heteroatoms. The minimum atomic E-state index is -3.07. The molecule has 0 radical (unpaired) electrons. The Labute approximate surface area is 191 Å². The number of benzene rings is 1. The van der Waals surface area contributed by atoms with Crippen molar-refractivity contribution in [2.45, 2.75) is 25.9 Å². The summed E-state index contributed by atoms with van der Waals surface area (Å²) < 4.78 is 47.9. The molecule has 2 aromatic rings. The number of pyridine rings is 1. The summed E-state index contributed by atoms with van der Waals surface area (Å²) in [6, 6.07) is 2.73. The first-order valence-electron chi connectivity index (χ1n) is 9.83. The summed E-state index contributed by atoms with van der Waals surface area (Å²) in [7, 11) is 0. The van der Waals surface area contributed by atoms with E-state index in [2.05, 4.69) is 9.72 Å². The number of aromatic amines is 1. The fraction of sp³-hybridized carbons (Fsp3) is 0.429. The molecule has 4 rings (SSSR count). The van der Waals surface area contributed by atoms with Gasteiger partial charge >= 0.3 is 6.61 Å². The molecule has 0 unspecified atom stereocenters. The zero-order valence-corrected chi connectivity index (χ0v) is 18.2. The molecule has 0 atom stereocenters. The topological polar surface area (TPSA) is 86.8 Å². The molecule has 0 bridgehead atoms. The lowest BCUT2D eigenvalue weighted by Crippen LogP contribution is -2.39. The van der Waals surface area contributed by atoms with Crippen molar-refractivity contribution >= 4 is 29.0 Å². The first-order valence-corrected chi connectivity index (χ1v) is 10.6. The Morgan fingerprint density at radius 3 is 2.53 bits per heavy atom. The molecule has 7 nitrogen and oxygen atoms in total. The van der Waals surface area contributed by atoms with Crippen LogP contribution in [0.2, 0.25) is 10.0 Å². The highest BCUT2D eigenvalue weighted by Crippen LogP contribution is 2.46. The van der Waals surface area contributed by atoms with Gasteiger partial charge in [0.1, 0.15) is 5.02 Å². The van der Waals surface area contributed by atoms with E-state index in [1.807, 2.05) is 0 Å². The summed E-state index contributed by atoms with van der Waals surface area (Å²) in [6.07, 6.45) is 2.29. The van der Waals surface area contributed by atoms with E-state index in [-0.39, 0.29) is 57.9 Å². The average molecular weight is 490 g/mol. The number of rotatable bonds is 5. The number of nitrogens with one attached hydrogen (secondary N) is 1. The Kier molecular flexibility index (Phi) is 6.60. The Morgan fingerprint density at radius 1 is 1.16 bits per heavy atom. The van der Waals surface area contributed by atoms with E-state index in [1.54, 1.807) is 0 Å². The van der Waals surface area contributed by atoms with E-state index in [9.17, 15) is 18.4 Å². The van der Waals surface area contributed by atoms with Crippen LogP contribution in [0.4, 0.5) is 8.78 Å². The summed E-state index contributed by atoms with van der Waals surface area (Å²) in [5, 5.41) is -0.341. The number of Topliss-reactive ketones (excluding diaryl/α,β-unsaturated/α-hetero) is 1. The molecule has 172 valence electrons. The highest BCUT2D eigenvalue weighted by Gasteiger charge is 2.38. The Balaban J connectivity index is 1.69. The van der Waals surface area contributed by atoms with Gasteiger partial charge in [-0.3, -0.25) is 9.59 Å². The first-order chi connectivity index (χ1) is 15.3. The number of ketones is 1. The van der Waals surface area contributed by atoms with Crippen LogP contribution in [0.3, 0.4) is 0 Å². The van der Waals surface area contributed by atoms with Gasteiger partial charge in [-0.2, -0.15) is 8.78 Å². The van der Waals surface area contributed by atoms with Crippen LogP contribution >= 0.6 is 23.2 Å². The van der Waals surface area contributed by atoms with E-state index in [0.717, 1.165) is 0 Å². The number of carbonyl (C=O) groups excluding carboxylic acids is 1. The Morgan fingerprint density at radius 2 is 1.84 bits per heavy atom. The molecule has 1 spiro atoms. The van der Waals surface area contributed by atoms with Gasteiger partial charge in [0.15, 0.2) is 17.3 Å². The molecule has 1 saturated heterocycles. The SMILES string of the molecule is O=C(Cc1ccc(OC(F)F)c2c1OCC1(CCOCC1)CO2)c1c(Cl)c[nH]c(=O)c1Cl. The quantitative estimate of drug-likeness (QED) is 0.630. The van der Waals surface area contributed by atoms with Gasteiger partial charge in [0.2, 0.25) is 5.75 Å². The number of halogens is 4. The van der Waals surface area contributed by atoms with Crippen molar-refractivity contribution in [1.29, 1.82) is 0 Å². The summed E-state index contributed by atoms with van der Waals surface area (Å²) >= 11 is 12.1. The van der Waals surface area contributed by atoms with Gasteiger partial charge in [-0.25, -0.2) is 0 Å². The normalized spacial score (nSPS) is 17.3. The number of hydrogen-bond acceptors (Lipinski definition) is 6. The number of fused-ring (bicyclic) bond motifs is 1. The number of alkyl halides is 2. The van der Waals surface area contributed by atoms with Gasteiger partial charge in [-0.05, 0) is 18.9 Å². The van der Waals surface area contributed by atoms with Gasteiger partial charge in [-0.15, -0.1) is 0 Å². The third-order valence-electron chi connectivity index (χ3n) is 5.59. The van der Waals surface area contributed by atoms with Crippen LogP contribution in [0.25, 0.3) is 0 Å². The van der Waals surface area contributed by atoms with Crippen LogP contribution in [-0.4, -0.2) is 43.8 Å².